The molecular weight excluding hydrogens is 346 g/mol. The third-order valence-electron chi connectivity index (χ3n) is 4.42. The van der Waals surface area contributed by atoms with E-state index in [4.69, 9.17) is 21.7 Å². The molecule has 6 heteroatoms. The van der Waals surface area contributed by atoms with E-state index in [1.54, 1.807) is 7.11 Å². The summed E-state index contributed by atoms with van der Waals surface area (Å²) in [4.78, 5) is 4.63. The first-order chi connectivity index (χ1) is 12.7. The Balaban J connectivity index is 1.37. The van der Waals surface area contributed by atoms with Gasteiger partial charge in [-0.2, -0.15) is 0 Å². The molecule has 26 heavy (non-hydrogen) atoms. The number of benzene rings is 2. The molecule has 2 aromatic carbocycles. The van der Waals surface area contributed by atoms with Gasteiger partial charge >= 0.3 is 0 Å². The molecule has 1 aliphatic heterocycles. The lowest BCUT2D eigenvalue weighted by Gasteiger charge is -2.36. The van der Waals surface area contributed by atoms with Crippen LogP contribution in [0.2, 0.25) is 0 Å². The first-order valence-corrected chi connectivity index (χ1v) is 9.25. The summed E-state index contributed by atoms with van der Waals surface area (Å²) in [6, 6.07) is 17.8. The first-order valence-electron chi connectivity index (χ1n) is 8.85. The molecule has 1 aliphatic rings. The number of ether oxygens (including phenoxy) is 2. The van der Waals surface area contributed by atoms with E-state index < -0.39 is 0 Å². The quantitative estimate of drug-likeness (QED) is 0.787. The topological polar surface area (TPSA) is 37.0 Å². The summed E-state index contributed by atoms with van der Waals surface area (Å²) in [6.07, 6.45) is 0. The predicted molar refractivity (Wildman–Crippen MR) is 109 cm³/mol. The molecular formula is C20H25N3O2S. The van der Waals surface area contributed by atoms with Gasteiger partial charge in [-0.1, -0.05) is 18.2 Å². The van der Waals surface area contributed by atoms with Crippen molar-refractivity contribution in [2.75, 3.05) is 51.8 Å². The van der Waals surface area contributed by atoms with E-state index in [-0.39, 0.29) is 0 Å². The lowest BCUT2D eigenvalue weighted by Crippen LogP contribution is -2.50. The Morgan fingerprint density at radius 2 is 1.65 bits per heavy atom. The second kappa shape index (κ2) is 9.40. The lowest BCUT2D eigenvalue weighted by atomic mass is 10.3. The molecule has 0 aromatic heterocycles. The average molecular weight is 372 g/mol. The van der Waals surface area contributed by atoms with Crippen molar-refractivity contribution in [3.05, 3.63) is 54.6 Å². The van der Waals surface area contributed by atoms with E-state index in [2.05, 4.69) is 15.1 Å². The Labute approximate surface area is 160 Å². The van der Waals surface area contributed by atoms with Crippen molar-refractivity contribution in [2.24, 2.45) is 0 Å². The van der Waals surface area contributed by atoms with Crippen LogP contribution >= 0.6 is 12.2 Å². The van der Waals surface area contributed by atoms with Crippen molar-refractivity contribution < 1.29 is 9.47 Å². The van der Waals surface area contributed by atoms with Crippen LogP contribution in [0.4, 0.5) is 5.69 Å². The maximum atomic E-state index is 5.78. The summed E-state index contributed by atoms with van der Waals surface area (Å²) < 4.78 is 11.0. The van der Waals surface area contributed by atoms with Crippen LogP contribution in [-0.4, -0.2) is 61.4 Å². The highest BCUT2D eigenvalue weighted by atomic mass is 32.1. The van der Waals surface area contributed by atoms with Crippen LogP contribution in [-0.2, 0) is 0 Å². The van der Waals surface area contributed by atoms with Gasteiger partial charge in [-0.05, 0) is 48.6 Å². The van der Waals surface area contributed by atoms with Gasteiger partial charge < -0.3 is 19.7 Å². The van der Waals surface area contributed by atoms with Gasteiger partial charge in [-0.25, -0.2) is 0 Å². The number of rotatable bonds is 6. The van der Waals surface area contributed by atoms with Gasteiger partial charge in [0.05, 0.1) is 7.11 Å². The summed E-state index contributed by atoms with van der Waals surface area (Å²) >= 11 is 5.55. The minimum Gasteiger partial charge on any atom is -0.497 e. The van der Waals surface area contributed by atoms with Crippen molar-refractivity contribution in [1.29, 1.82) is 0 Å². The zero-order valence-electron chi connectivity index (χ0n) is 15.1. The Hall–Kier alpha value is -2.31. The van der Waals surface area contributed by atoms with Gasteiger partial charge in [0.2, 0.25) is 0 Å². The third kappa shape index (κ3) is 5.34. The molecule has 0 unspecified atom stereocenters. The van der Waals surface area contributed by atoms with Crippen molar-refractivity contribution >= 4 is 23.0 Å². The van der Waals surface area contributed by atoms with Crippen LogP contribution in [0.3, 0.4) is 0 Å². The molecule has 0 spiro atoms. The Kier molecular flexibility index (Phi) is 6.68. The molecule has 1 saturated heterocycles. The predicted octanol–water partition coefficient (Wildman–Crippen LogP) is 3.09. The molecule has 1 heterocycles. The third-order valence-corrected chi connectivity index (χ3v) is 4.78. The van der Waals surface area contributed by atoms with E-state index in [9.17, 15) is 0 Å². The van der Waals surface area contributed by atoms with Gasteiger partial charge in [0.1, 0.15) is 18.1 Å². The molecule has 138 valence electrons. The number of hydrogen-bond acceptors (Lipinski definition) is 4. The fourth-order valence-electron chi connectivity index (χ4n) is 2.86. The van der Waals surface area contributed by atoms with Gasteiger partial charge in [0.25, 0.3) is 0 Å². The number of anilines is 1. The number of methoxy groups -OCH3 is 1. The Morgan fingerprint density at radius 1 is 0.962 bits per heavy atom. The second-order valence-electron chi connectivity index (χ2n) is 6.15. The second-order valence-corrected chi connectivity index (χ2v) is 6.54. The summed E-state index contributed by atoms with van der Waals surface area (Å²) in [5.74, 6) is 1.77. The zero-order valence-corrected chi connectivity index (χ0v) is 15.9. The number of nitrogens with zero attached hydrogens (tertiary/aromatic N) is 2. The molecule has 0 atom stereocenters. The van der Waals surface area contributed by atoms with Crippen LogP contribution in [0, 0.1) is 0 Å². The summed E-state index contributed by atoms with van der Waals surface area (Å²) in [6.45, 7) is 5.46. The highest BCUT2D eigenvalue weighted by molar-refractivity contribution is 7.80. The molecule has 0 aliphatic carbocycles. The van der Waals surface area contributed by atoms with Crippen LogP contribution in [0.15, 0.2) is 54.6 Å². The number of para-hydroxylation sites is 1. The fraction of sp³-hybridized carbons (Fsp3) is 0.350. The molecule has 1 fully saturated rings. The minimum atomic E-state index is 0.707. The van der Waals surface area contributed by atoms with Crippen molar-refractivity contribution in [2.45, 2.75) is 0 Å². The summed E-state index contributed by atoms with van der Waals surface area (Å²) in [5.41, 5.74) is 0.981. The molecule has 0 radical (unpaired) electrons. The van der Waals surface area contributed by atoms with Crippen LogP contribution < -0.4 is 14.8 Å². The van der Waals surface area contributed by atoms with Crippen molar-refractivity contribution in [3.63, 3.8) is 0 Å². The highest BCUT2D eigenvalue weighted by Crippen LogP contribution is 2.16. The minimum absolute atomic E-state index is 0.707. The van der Waals surface area contributed by atoms with E-state index >= 15 is 0 Å². The normalized spacial score (nSPS) is 14.7. The zero-order chi connectivity index (χ0) is 18.2. The summed E-state index contributed by atoms with van der Waals surface area (Å²) in [5, 5.41) is 4.07. The standard InChI is InChI=1S/C20H25N3O2S/c1-24-18-9-7-17(8-10-18)21-20(26)23-13-11-22(12-14-23)15-16-25-19-5-3-2-4-6-19/h2-10H,11-16H2,1H3,(H,21,26). The van der Waals surface area contributed by atoms with E-state index in [0.717, 1.165) is 55.0 Å². The van der Waals surface area contributed by atoms with E-state index in [0.29, 0.717) is 6.61 Å². The molecule has 2 aromatic rings. The monoisotopic (exact) mass is 371 g/mol. The summed E-state index contributed by atoms with van der Waals surface area (Å²) in [7, 11) is 1.66. The molecule has 1 N–H and O–H groups in total. The van der Waals surface area contributed by atoms with E-state index in [1.807, 2.05) is 54.6 Å². The number of hydrogen-bond donors (Lipinski definition) is 1. The SMILES string of the molecule is COc1ccc(NC(=S)N2CCN(CCOc3ccccc3)CC2)cc1. The fourth-order valence-corrected chi connectivity index (χ4v) is 3.16. The number of thiocarbonyl (C=S) groups is 1. The molecule has 0 amide bonds. The van der Waals surface area contributed by atoms with E-state index in [1.165, 1.54) is 0 Å². The van der Waals surface area contributed by atoms with Gasteiger partial charge in [0.15, 0.2) is 5.11 Å². The molecule has 0 bridgehead atoms. The van der Waals surface area contributed by atoms with Gasteiger partial charge in [-0.3, -0.25) is 4.90 Å². The largest absolute Gasteiger partial charge is 0.497 e. The number of nitrogens with one attached hydrogen (secondary N) is 1. The van der Waals surface area contributed by atoms with Crippen LogP contribution in [0.1, 0.15) is 0 Å². The Bertz CT molecular complexity index is 686. The van der Waals surface area contributed by atoms with Crippen LogP contribution in [0.5, 0.6) is 11.5 Å². The van der Waals surface area contributed by atoms with Gasteiger partial charge in [-0.15, -0.1) is 0 Å². The molecule has 5 nitrogen and oxygen atoms in total. The van der Waals surface area contributed by atoms with Crippen molar-refractivity contribution in [1.82, 2.24) is 9.80 Å². The maximum absolute atomic E-state index is 5.78. The first kappa shape index (κ1) is 18.5. The maximum Gasteiger partial charge on any atom is 0.173 e. The van der Waals surface area contributed by atoms with Crippen LogP contribution in [0.25, 0.3) is 0 Å². The van der Waals surface area contributed by atoms with Gasteiger partial charge in [0, 0.05) is 38.4 Å². The molecule has 0 saturated carbocycles. The highest BCUT2D eigenvalue weighted by Gasteiger charge is 2.18. The molecule has 3 rings (SSSR count). The Morgan fingerprint density at radius 3 is 2.31 bits per heavy atom. The number of piperazine rings is 1. The van der Waals surface area contributed by atoms with Crippen molar-refractivity contribution in [3.8, 4) is 11.5 Å². The average Bonchev–Trinajstić information content (AvgIpc) is 2.70. The lowest BCUT2D eigenvalue weighted by molar-refractivity contribution is 0.155. The smallest absolute Gasteiger partial charge is 0.173 e.